The topological polar surface area (TPSA) is 48.9 Å². The molecule has 156 valence electrons. The Morgan fingerprint density at radius 1 is 1.25 bits per heavy atom. The van der Waals surface area contributed by atoms with Crippen molar-refractivity contribution in [3.8, 4) is 0 Å². The quantitative estimate of drug-likeness (QED) is 0.249. The zero-order chi connectivity index (χ0) is 18.7. The van der Waals surface area contributed by atoms with Gasteiger partial charge in [-0.2, -0.15) is 0 Å². The van der Waals surface area contributed by atoms with E-state index in [2.05, 4.69) is 58.9 Å². The molecule has 2 aliphatic heterocycles. The Labute approximate surface area is 187 Å². The first-order chi connectivity index (χ1) is 13.3. The summed E-state index contributed by atoms with van der Waals surface area (Å²) < 4.78 is 5.38. The van der Waals surface area contributed by atoms with Gasteiger partial charge in [-0.15, -0.1) is 24.0 Å². The lowest BCUT2D eigenvalue weighted by molar-refractivity contribution is 0.153. The minimum absolute atomic E-state index is 0. The maximum absolute atomic E-state index is 5.38. The number of aliphatic imine (C=N–C) groups is 1. The molecule has 1 fully saturated rings. The third-order valence-corrected chi connectivity index (χ3v) is 5.33. The Kier molecular flexibility index (Phi) is 10.9. The van der Waals surface area contributed by atoms with E-state index in [0.29, 0.717) is 6.04 Å². The number of nitrogens with zero attached hydrogens (tertiary/aromatic N) is 2. The zero-order valence-electron chi connectivity index (χ0n) is 17.0. The first-order valence-corrected chi connectivity index (χ1v) is 10.4. The number of hydrogen-bond donors (Lipinski definition) is 2. The van der Waals surface area contributed by atoms with E-state index in [-0.39, 0.29) is 24.0 Å². The van der Waals surface area contributed by atoms with Gasteiger partial charge in [0, 0.05) is 25.7 Å². The molecule has 1 aromatic rings. The van der Waals surface area contributed by atoms with E-state index in [0.717, 1.165) is 58.2 Å². The minimum Gasteiger partial charge on any atom is -0.377 e. The Hall–Kier alpha value is -1.12. The van der Waals surface area contributed by atoms with Gasteiger partial charge in [-0.25, -0.2) is 0 Å². The fourth-order valence-corrected chi connectivity index (χ4v) is 3.80. The van der Waals surface area contributed by atoms with Gasteiger partial charge in [0.1, 0.15) is 0 Å². The van der Waals surface area contributed by atoms with E-state index in [1.807, 2.05) is 0 Å². The summed E-state index contributed by atoms with van der Waals surface area (Å²) >= 11 is 0. The van der Waals surface area contributed by atoms with Crippen molar-refractivity contribution in [2.24, 2.45) is 4.99 Å². The van der Waals surface area contributed by atoms with Crippen LogP contribution < -0.4 is 10.6 Å². The van der Waals surface area contributed by atoms with E-state index >= 15 is 0 Å². The first kappa shape index (κ1) is 23.2. The van der Waals surface area contributed by atoms with Crippen molar-refractivity contribution >= 4 is 29.9 Å². The van der Waals surface area contributed by atoms with Gasteiger partial charge in [0.15, 0.2) is 5.96 Å². The largest absolute Gasteiger partial charge is 0.377 e. The molecule has 1 saturated heterocycles. The number of benzene rings is 1. The van der Waals surface area contributed by atoms with Crippen LogP contribution in [0.4, 0.5) is 0 Å². The van der Waals surface area contributed by atoms with E-state index in [1.54, 1.807) is 0 Å². The Morgan fingerprint density at radius 2 is 2.11 bits per heavy atom. The predicted octanol–water partition coefficient (Wildman–Crippen LogP) is 3.56. The summed E-state index contributed by atoms with van der Waals surface area (Å²) in [7, 11) is 0. The van der Waals surface area contributed by atoms with Gasteiger partial charge in [-0.05, 0) is 44.7 Å². The molecule has 2 N–H and O–H groups in total. The van der Waals surface area contributed by atoms with E-state index < -0.39 is 0 Å². The number of nitrogens with one attached hydrogen (secondary N) is 2. The summed E-state index contributed by atoms with van der Waals surface area (Å²) in [6, 6.07) is 11.3. The van der Waals surface area contributed by atoms with Crippen molar-refractivity contribution in [1.29, 1.82) is 0 Å². The van der Waals surface area contributed by atoms with Gasteiger partial charge in [0.2, 0.25) is 0 Å². The second kappa shape index (κ2) is 13.2. The smallest absolute Gasteiger partial charge is 0.191 e. The van der Waals surface area contributed by atoms with Gasteiger partial charge >= 0.3 is 0 Å². The van der Waals surface area contributed by atoms with Crippen LogP contribution in [0.2, 0.25) is 0 Å². The van der Waals surface area contributed by atoms with E-state index in [4.69, 9.17) is 9.73 Å². The van der Waals surface area contributed by atoms with E-state index in [1.165, 1.54) is 30.5 Å². The van der Waals surface area contributed by atoms with Gasteiger partial charge < -0.3 is 15.4 Å². The minimum atomic E-state index is 0. The molecule has 5 nitrogen and oxygen atoms in total. The first-order valence-electron chi connectivity index (χ1n) is 10.4. The fourth-order valence-electron chi connectivity index (χ4n) is 3.80. The van der Waals surface area contributed by atoms with Crippen molar-refractivity contribution in [2.45, 2.75) is 45.2 Å². The number of ether oxygens (including phenoxy) is 1. The monoisotopic (exact) mass is 498 g/mol. The maximum Gasteiger partial charge on any atom is 0.191 e. The van der Waals surface area contributed by atoms with Crippen LogP contribution in [0.5, 0.6) is 0 Å². The summed E-state index contributed by atoms with van der Waals surface area (Å²) in [6.07, 6.45) is 6.86. The Bertz CT molecular complexity index is 620. The van der Waals surface area contributed by atoms with Crippen LogP contribution in [0, 0.1) is 0 Å². The van der Waals surface area contributed by atoms with E-state index in [9.17, 15) is 0 Å². The van der Waals surface area contributed by atoms with Crippen molar-refractivity contribution in [3.05, 3.63) is 47.5 Å². The molecule has 0 saturated carbocycles. The van der Waals surface area contributed by atoms with Crippen molar-refractivity contribution in [2.75, 3.05) is 39.4 Å². The van der Waals surface area contributed by atoms with Gasteiger partial charge in [0.05, 0.1) is 19.8 Å². The molecular formula is C22H35IN4O. The molecule has 0 bridgehead atoms. The van der Waals surface area contributed by atoms with Crippen molar-refractivity contribution in [1.82, 2.24) is 15.5 Å². The highest BCUT2D eigenvalue weighted by Crippen LogP contribution is 2.20. The summed E-state index contributed by atoms with van der Waals surface area (Å²) in [5, 5.41) is 6.88. The molecule has 0 spiro atoms. The molecule has 3 rings (SSSR count). The SMILES string of the molecule is CCNC(=NCC1CCCN1Cc1ccccc1)NCCC1=CCOCC1.I. The lowest BCUT2D eigenvalue weighted by atomic mass is 10.1. The van der Waals surface area contributed by atoms with Crippen LogP contribution in [0.15, 0.2) is 47.0 Å². The summed E-state index contributed by atoms with van der Waals surface area (Å²) in [4.78, 5) is 7.46. The molecule has 0 aliphatic carbocycles. The lowest BCUT2D eigenvalue weighted by Crippen LogP contribution is -2.39. The molecule has 0 amide bonds. The molecule has 1 unspecified atom stereocenters. The van der Waals surface area contributed by atoms with Crippen LogP contribution in [-0.2, 0) is 11.3 Å². The molecule has 1 atom stereocenters. The molecule has 0 aromatic heterocycles. The van der Waals surface area contributed by atoms with Crippen molar-refractivity contribution < 1.29 is 4.74 Å². The Morgan fingerprint density at radius 3 is 2.86 bits per heavy atom. The molecule has 0 radical (unpaired) electrons. The van der Waals surface area contributed by atoms with Crippen molar-refractivity contribution in [3.63, 3.8) is 0 Å². The average molecular weight is 498 g/mol. The molecular weight excluding hydrogens is 463 g/mol. The zero-order valence-corrected chi connectivity index (χ0v) is 19.4. The van der Waals surface area contributed by atoms with Crippen LogP contribution in [-0.4, -0.2) is 56.3 Å². The predicted molar refractivity (Wildman–Crippen MR) is 127 cm³/mol. The summed E-state index contributed by atoms with van der Waals surface area (Å²) in [5.74, 6) is 0.941. The fraction of sp³-hybridized carbons (Fsp3) is 0.591. The number of likely N-dealkylation sites (tertiary alicyclic amines) is 1. The maximum atomic E-state index is 5.38. The summed E-state index contributed by atoms with van der Waals surface area (Å²) in [6.45, 7) is 8.63. The second-order valence-electron chi connectivity index (χ2n) is 7.34. The number of guanidine groups is 1. The van der Waals surface area contributed by atoms with Crippen LogP contribution in [0.1, 0.15) is 38.2 Å². The molecule has 2 aliphatic rings. The third-order valence-electron chi connectivity index (χ3n) is 5.33. The highest BCUT2D eigenvalue weighted by molar-refractivity contribution is 14.0. The highest BCUT2D eigenvalue weighted by atomic mass is 127. The van der Waals surface area contributed by atoms with Crippen LogP contribution >= 0.6 is 24.0 Å². The third kappa shape index (κ3) is 7.72. The normalized spacial score (nSPS) is 20.4. The molecule has 6 heteroatoms. The molecule has 28 heavy (non-hydrogen) atoms. The molecule has 1 aromatic carbocycles. The van der Waals surface area contributed by atoms with Gasteiger partial charge in [0.25, 0.3) is 0 Å². The standard InChI is InChI=1S/C22H34N4O.HI/c1-2-23-22(24-13-10-19-11-15-27-16-12-19)25-17-21-9-6-14-26(21)18-20-7-4-3-5-8-20;/h3-5,7-8,11,21H,2,6,9-10,12-18H2,1H3,(H2,23,24,25);1H. The molecule has 2 heterocycles. The van der Waals surface area contributed by atoms with Crippen LogP contribution in [0.3, 0.4) is 0 Å². The van der Waals surface area contributed by atoms with Gasteiger partial charge in [-0.3, -0.25) is 9.89 Å². The second-order valence-corrected chi connectivity index (χ2v) is 7.34. The average Bonchev–Trinajstić information content (AvgIpc) is 3.14. The number of halogens is 1. The van der Waals surface area contributed by atoms with Crippen LogP contribution in [0.25, 0.3) is 0 Å². The highest BCUT2D eigenvalue weighted by Gasteiger charge is 2.24. The Balaban J connectivity index is 0.00000280. The lowest BCUT2D eigenvalue weighted by Gasteiger charge is -2.23. The summed E-state index contributed by atoms with van der Waals surface area (Å²) in [5.41, 5.74) is 2.89. The number of hydrogen-bond acceptors (Lipinski definition) is 3. The van der Waals surface area contributed by atoms with Gasteiger partial charge in [-0.1, -0.05) is 42.0 Å². The number of rotatable bonds is 8.